The van der Waals surface area contributed by atoms with Crippen LogP contribution < -0.4 is 5.73 Å². The topological polar surface area (TPSA) is 89.4 Å². The molecule has 29 heavy (non-hydrogen) atoms. The number of anilines is 1. The van der Waals surface area contributed by atoms with Gasteiger partial charge in [0.25, 0.3) is 5.91 Å². The number of fused-ring (bicyclic) bond motifs is 1. The molecule has 7 nitrogen and oxygen atoms in total. The van der Waals surface area contributed by atoms with Crippen molar-refractivity contribution >= 4 is 17.4 Å². The molecule has 0 atom stereocenters. The molecule has 3 aromatic heterocycles. The highest BCUT2D eigenvalue weighted by molar-refractivity contribution is 5.96. The lowest BCUT2D eigenvalue weighted by atomic mass is 10.1. The number of hydrogen-bond donors (Lipinski definition) is 1. The van der Waals surface area contributed by atoms with E-state index in [0.717, 1.165) is 11.1 Å². The molecule has 0 aliphatic rings. The Kier molecular flexibility index (Phi) is 4.95. The molecule has 4 aromatic rings. The first-order chi connectivity index (χ1) is 14.0. The van der Waals surface area contributed by atoms with Crippen LogP contribution in [-0.4, -0.2) is 36.4 Å². The maximum Gasteiger partial charge on any atom is 0.254 e. The van der Waals surface area contributed by atoms with E-state index in [0.29, 0.717) is 29.4 Å². The van der Waals surface area contributed by atoms with Crippen molar-refractivity contribution in [2.45, 2.75) is 26.4 Å². The van der Waals surface area contributed by atoms with Crippen molar-refractivity contribution in [1.29, 1.82) is 0 Å². The second-order valence-corrected chi connectivity index (χ2v) is 7.13. The molecule has 0 spiro atoms. The van der Waals surface area contributed by atoms with E-state index in [1.165, 1.54) is 4.52 Å². The van der Waals surface area contributed by atoms with Gasteiger partial charge in [0.1, 0.15) is 5.82 Å². The standard InChI is InChI=1S/C22H22N6O/c1-15(2)27(14-16-7-4-3-5-8-16)22(29)18-11-19(23)28-20(12-18)25-21(26-28)17-9-6-10-24-13-17/h3-13,15H,14,23H2,1-2H3. The van der Waals surface area contributed by atoms with Crippen LogP contribution in [0.2, 0.25) is 0 Å². The van der Waals surface area contributed by atoms with Crippen LogP contribution in [0, 0.1) is 0 Å². The van der Waals surface area contributed by atoms with E-state index >= 15 is 0 Å². The fourth-order valence-corrected chi connectivity index (χ4v) is 3.18. The second-order valence-electron chi connectivity index (χ2n) is 7.13. The quantitative estimate of drug-likeness (QED) is 0.568. The zero-order valence-electron chi connectivity index (χ0n) is 16.4. The van der Waals surface area contributed by atoms with Gasteiger partial charge in [-0.1, -0.05) is 30.3 Å². The number of benzene rings is 1. The van der Waals surface area contributed by atoms with E-state index < -0.39 is 0 Å². The van der Waals surface area contributed by atoms with E-state index in [9.17, 15) is 4.79 Å². The molecule has 146 valence electrons. The van der Waals surface area contributed by atoms with Gasteiger partial charge in [-0.15, -0.1) is 5.10 Å². The van der Waals surface area contributed by atoms with E-state index in [-0.39, 0.29) is 11.9 Å². The number of hydrogen-bond acceptors (Lipinski definition) is 5. The molecule has 0 aliphatic heterocycles. The molecule has 0 unspecified atom stereocenters. The van der Waals surface area contributed by atoms with Crippen LogP contribution >= 0.6 is 0 Å². The Labute approximate surface area is 168 Å². The van der Waals surface area contributed by atoms with Crippen molar-refractivity contribution in [3.8, 4) is 11.4 Å². The van der Waals surface area contributed by atoms with E-state index in [4.69, 9.17) is 5.73 Å². The van der Waals surface area contributed by atoms with Crippen molar-refractivity contribution in [3.05, 3.63) is 78.1 Å². The average Bonchev–Trinajstić information content (AvgIpc) is 3.18. The highest BCUT2D eigenvalue weighted by Gasteiger charge is 2.21. The lowest BCUT2D eigenvalue weighted by Crippen LogP contribution is -2.36. The highest BCUT2D eigenvalue weighted by atomic mass is 16.2. The summed E-state index contributed by atoms with van der Waals surface area (Å²) in [6.07, 6.45) is 3.38. The van der Waals surface area contributed by atoms with Gasteiger partial charge in [0.05, 0.1) is 0 Å². The number of pyridine rings is 2. The minimum atomic E-state index is -0.0935. The zero-order chi connectivity index (χ0) is 20.4. The van der Waals surface area contributed by atoms with E-state index in [1.54, 1.807) is 24.5 Å². The Morgan fingerprint density at radius 1 is 1.14 bits per heavy atom. The predicted molar refractivity (Wildman–Crippen MR) is 112 cm³/mol. The maximum atomic E-state index is 13.3. The predicted octanol–water partition coefficient (Wildman–Crippen LogP) is 3.42. The van der Waals surface area contributed by atoms with Gasteiger partial charge in [-0.25, -0.2) is 4.98 Å². The fourth-order valence-electron chi connectivity index (χ4n) is 3.18. The van der Waals surface area contributed by atoms with Crippen LogP contribution in [0.3, 0.4) is 0 Å². The first-order valence-electron chi connectivity index (χ1n) is 9.44. The van der Waals surface area contributed by atoms with Crippen LogP contribution in [0.1, 0.15) is 29.8 Å². The molecule has 4 rings (SSSR count). The fraction of sp³-hybridized carbons (Fsp3) is 0.182. The molecular formula is C22H22N6O. The monoisotopic (exact) mass is 386 g/mol. The molecule has 0 saturated heterocycles. The molecule has 0 radical (unpaired) electrons. The third kappa shape index (κ3) is 3.80. The Balaban J connectivity index is 1.69. The van der Waals surface area contributed by atoms with Gasteiger partial charge in [-0.05, 0) is 43.7 Å². The summed E-state index contributed by atoms with van der Waals surface area (Å²) >= 11 is 0. The largest absolute Gasteiger partial charge is 0.384 e. The minimum Gasteiger partial charge on any atom is -0.384 e. The van der Waals surface area contributed by atoms with Gasteiger partial charge < -0.3 is 10.6 Å². The molecule has 1 amide bonds. The molecule has 0 saturated carbocycles. The average molecular weight is 386 g/mol. The molecule has 1 aromatic carbocycles. The summed E-state index contributed by atoms with van der Waals surface area (Å²) in [6, 6.07) is 17.0. The van der Waals surface area contributed by atoms with Gasteiger partial charge in [0.2, 0.25) is 0 Å². The van der Waals surface area contributed by atoms with Crippen LogP contribution in [0.15, 0.2) is 67.0 Å². The summed E-state index contributed by atoms with van der Waals surface area (Å²) in [5, 5.41) is 4.45. The number of nitrogen functional groups attached to an aromatic ring is 1. The molecule has 0 fully saturated rings. The number of nitrogens with zero attached hydrogens (tertiary/aromatic N) is 5. The lowest BCUT2D eigenvalue weighted by molar-refractivity contribution is 0.0690. The van der Waals surface area contributed by atoms with Crippen molar-refractivity contribution < 1.29 is 4.79 Å². The van der Waals surface area contributed by atoms with Gasteiger partial charge in [-0.3, -0.25) is 9.78 Å². The summed E-state index contributed by atoms with van der Waals surface area (Å²) in [4.78, 5) is 23.7. The van der Waals surface area contributed by atoms with Gasteiger partial charge >= 0.3 is 0 Å². The van der Waals surface area contributed by atoms with Crippen molar-refractivity contribution in [1.82, 2.24) is 24.5 Å². The van der Waals surface area contributed by atoms with Crippen LogP contribution in [0.25, 0.3) is 17.0 Å². The highest BCUT2D eigenvalue weighted by Crippen LogP contribution is 2.20. The lowest BCUT2D eigenvalue weighted by Gasteiger charge is -2.27. The molecule has 0 bridgehead atoms. The second kappa shape index (κ2) is 7.71. The number of amides is 1. The van der Waals surface area contributed by atoms with Crippen molar-refractivity contribution in [2.24, 2.45) is 0 Å². The van der Waals surface area contributed by atoms with Crippen molar-refractivity contribution in [3.63, 3.8) is 0 Å². The number of nitrogens with two attached hydrogens (primary N) is 1. The smallest absolute Gasteiger partial charge is 0.254 e. The van der Waals surface area contributed by atoms with Crippen LogP contribution in [0.5, 0.6) is 0 Å². The number of rotatable bonds is 5. The first-order valence-corrected chi connectivity index (χ1v) is 9.44. The zero-order valence-corrected chi connectivity index (χ0v) is 16.4. The first kappa shape index (κ1) is 18.6. The molecule has 3 heterocycles. The minimum absolute atomic E-state index is 0.0315. The van der Waals surface area contributed by atoms with Gasteiger partial charge in [0, 0.05) is 36.1 Å². The normalized spacial score (nSPS) is 11.1. The SMILES string of the molecule is CC(C)N(Cc1ccccc1)C(=O)c1cc(N)n2nc(-c3cccnc3)nc2c1. The number of aromatic nitrogens is 4. The Hall–Kier alpha value is -3.74. The summed E-state index contributed by atoms with van der Waals surface area (Å²) in [5.74, 6) is 0.778. The number of carbonyl (C=O) groups is 1. The van der Waals surface area contributed by atoms with Gasteiger partial charge in [0.15, 0.2) is 11.5 Å². The maximum absolute atomic E-state index is 13.3. The van der Waals surface area contributed by atoms with Gasteiger partial charge in [-0.2, -0.15) is 4.52 Å². The van der Waals surface area contributed by atoms with Crippen LogP contribution in [-0.2, 0) is 6.54 Å². The summed E-state index contributed by atoms with van der Waals surface area (Å²) in [5.41, 5.74) is 9.07. The third-order valence-corrected chi connectivity index (χ3v) is 4.71. The summed E-state index contributed by atoms with van der Waals surface area (Å²) in [7, 11) is 0. The molecule has 7 heteroatoms. The Morgan fingerprint density at radius 3 is 2.62 bits per heavy atom. The number of carbonyl (C=O) groups excluding carboxylic acids is 1. The summed E-state index contributed by atoms with van der Waals surface area (Å²) < 4.78 is 1.54. The van der Waals surface area contributed by atoms with Crippen LogP contribution in [0.4, 0.5) is 5.82 Å². The van der Waals surface area contributed by atoms with E-state index in [2.05, 4.69) is 15.1 Å². The summed E-state index contributed by atoms with van der Waals surface area (Å²) in [6.45, 7) is 4.52. The third-order valence-electron chi connectivity index (χ3n) is 4.71. The molecular weight excluding hydrogens is 364 g/mol. The van der Waals surface area contributed by atoms with Crippen molar-refractivity contribution in [2.75, 3.05) is 5.73 Å². The Bertz CT molecular complexity index is 1140. The van der Waals surface area contributed by atoms with E-state index in [1.807, 2.05) is 61.2 Å². The molecule has 2 N–H and O–H groups in total. The Morgan fingerprint density at radius 2 is 1.93 bits per heavy atom. The molecule has 0 aliphatic carbocycles.